The molecule has 0 spiro atoms. The standard InChI is InChI=1S/C22H22N2O3S/c1-15-6-3-4-9-20(15)24(28(2,26)27)14-21(25)23-19-13-12-17-11-10-16-7-5-8-18(19)22(16)17/h3-9,12-13H,10-11,14H2,1-2H3,(H,23,25). The van der Waals surface area contributed by atoms with Gasteiger partial charge in [-0.2, -0.15) is 0 Å². The van der Waals surface area contributed by atoms with E-state index >= 15 is 0 Å². The molecule has 0 atom stereocenters. The first-order valence-electron chi connectivity index (χ1n) is 9.21. The molecule has 6 heteroatoms. The van der Waals surface area contributed by atoms with E-state index in [1.807, 2.05) is 43.3 Å². The number of benzene rings is 3. The molecule has 0 fully saturated rings. The van der Waals surface area contributed by atoms with Gasteiger partial charge in [0.25, 0.3) is 0 Å². The number of sulfonamides is 1. The Kier molecular flexibility index (Phi) is 4.59. The lowest BCUT2D eigenvalue weighted by atomic mass is 10.0. The fourth-order valence-electron chi connectivity index (χ4n) is 3.90. The summed E-state index contributed by atoms with van der Waals surface area (Å²) in [6, 6.07) is 17.2. The Bertz CT molecular complexity index is 1180. The molecule has 144 valence electrons. The number of carbonyl (C=O) groups is 1. The summed E-state index contributed by atoms with van der Waals surface area (Å²) in [7, 11) is -3.60. The highest BCUT2D eigenvalue weighted by atomic mass is 32.2. The van der Waals surface area contributed by atoms with Gasteiger partial charge in [0.2, 0.25) is 15.9 Å². The van der Waals surface area contributed by atoms with Crippen LogP contribution in [-0.2, 0) is 27.7 Å². The predicted octanol–water partition coefficient (Wildman–Crippen LogP) is 3.65. The minimum absolute atomic E-state index is 0.271. The summed E-state index contributed by atoms with van der Waals surface area (Å²) in [5.74, 6) is -0.368. The first-order chi connectivity index (χ1) is 13.3. The Labute approximate surface area is 165 Å². The van der Waals surface area contributed by atoms with Crippen molar-refractivity contribution in [1.29, 1.82) is 0 Å². The Morgan fingerprint density at radius 2 is 1.71 bits per heavy atom. The summed E-state index contributed by atoms with van der Waals surface area (Å²) in [6.45, 7) is 1.56. The van der Waals surface area contributed by atoms with Crippen LogP contribution in [0, 0.1) is 6.92 Å². The highest BCUT2D eigenvalue weighted by Gasteiger charge is 2.23. The van der Waals surface area contributed by atoms with Crippen LogP contribution in [0.1, 0.15) is 16.7 Å². The molecule has 0 aliphatic heterocycles. The number of rotatable bonds is 5. The van der Waals surface area contributed by atoms with Gasteiger partial charge in [-0.3, -0.25) is 9.10 Å². The SMILES string of the molecule is Cc1ccccc1N(CC(=O)Nc1ccc2c3c(cccc13)CC2)S(C)(=O)=O. The summed E-state index contributed by atoms with van der Waals surface area (Å²) in [6.07, 6.45) is 3.14. The fourth-order valence-corrected chi connectivity index (χ4v) is 4.81. The normalized spacial score (nSPS) is 12.9. The maximum absolute atomic E-state index is 12.8. The van der Waals surface area contributed by atoms with Crippen LogP contribution < -0.4 is 9.62 Å². The van der Waals surface area contributed by atoms with Gasteiger partial charge in [-0.05, 0) is 54.0 Å². The second-order valence-electron chi connectivity index (χ2n) is 7.22. The number of hydrogen-bond acceptors (Lipinski definition) is 3. The van der Waals surface area contributed by atoms with Gasteiger partial charge in [0.1, 0.15) is 6.54 Å². The molecule has 0 radical (unpaired) electrons. The molecule has 0 unspecified atom stereocenters. The van der Waals surface area contributed by atoms with E-state index < -0.39 is 10.0 Å². The second-order valence-corrected chi connectivity index (χ2v) is 9.12. The highest BCUT2D eigenvalue weighted by Crippen LogP contribution is 2.35. The van der Waals surface area contributed by atoms with E-state index in [-0.39, 0.29) is 12.5 Å². The average molecular weight is 394 g/mol. The molecule has 3 aromatic carbocycles. The number of amides is 1. The lowest BCUT2D eigenvalue weighted by Crippen LogP contribution is -2.37. The van der Waals surface area contributed by atoms with E-state index in [0.29, 0.717) is 11.4 Å². The first kappa shape index (κ1) is 18.5. The molecule has 0 aromatic heterocycles. The number of aryl methyl sites for hydroxylation is 3. The van der Waals surface area contributed by atoms with Gasteiger partial charge in [-0.25, -0.2) is 8.42 Å². The fraction of sp³-hybridized carbons (Fsp3) is 0.227. The number of nitrogens with one attached hydrogen (secondary N) is 1. The third-order valence-electron chi connectivity index (χ3n) is 5.22. The van der Waals surface area contributed by atoms with Gasteiger partial charge in [0.15, 0.2) is 0 Å². The van der Waals surface area contributed by atoms with Crippen molar-refractivity contribution in [1.82, 2.24) is 0 Å². The second kappa shape index (κ2) is 6.95. The molecule has 1 amide bonds. The van der Waals surface area contributed by atoms with Crippen molar-refractivity contribution in [3.05, 3.63) is 71.3 Å². The maximum Gasteiger partial charge on any atom is 0.245 e. The third-order valence-corrected chi connectivity index (χ3v) is 6.35. The smallest absolute Gasteiger partial charge is 0.245 e. The Morgan fingerprint density at radius 3 is 2.43 bits per heavy atom. The van der Waals surface area contributed by atoms with Gasteiger partial charge in [-0.1, -0.05) is 42.5 Å². The molecule has 0 heterocycles. The van der Waals surface area contributed by atoms with Crippen molar-refractivity contribution < 1.29 is 13.2 Å². The van der Waals surface area contributed by atoms with E-state index in [1.165, 1.54) is 16.5 Å². The monoisotopic (exact) mass is 394 g/mol. The van der Waals surface area contributed by atoms with Crippen molar-refractivity contribution in [3.63, 3.8) is 0 Å². The summed E-state index contributed by atoms with van der Waals surface area (Å²) in [5.41, 5.74) is 4.61. The molecule has 4 rings (SSSR count). The molecule has 3 aromatic rings. The van der Waals surface area contributed by atoms with Crippen molar-refractivity contribution >= 4 is 38.1 Å². The largest absolute Gasteiger partial charge is 0.324 e. The van der Waals surface area contributed by atoms with Crippen LogP contribution in [0.25, 0.3) is 10.8 Å². The van der Waals surface area contributed by atoms with Crippen LogP contribution in [0.3, 0.4) is 0 Å². The third kappa shape index (κ3) is 3.36. The van der Waals surface area contributed by atoms with Crippen molar-refractivity contribution in [2.45, 2.75) is 19.8 Å². The molecule has 0 saturated carbocycles. The maximum atomic E-state index is 12.8. The lowest BCUT2D eigenvalue weighted by Gasteiger charge is -2.23. The van der Waals surface area contributed by atoms with Gasteiger partial charge in [0, 0.05) is 11.1 Å². The summed E-state index contributed by atoms with van der Waals surface area (Å²) in [4.78, 5) is 12.8. The zero-order chi connectivity index (χ0) is 19.9. The van der Waals surface area contributed by atoms with Gasteiger partial charge in [0.05, 0.1) is 11.9 Å². The molecule has 0 bridgehead atoms. The van der Waals surface area contributed by atoms with E-state index in [1.54, 1.807) is 12.1 Å². The zero-order valence-corrected chi connectivity index (χ0v) is 16.7. The van der Waals surface area contributed by atoms with Gasteiger partial charge < -0.3 is 5.32 Å². The average Bonchev–Trinajstić information content (AvgIpc) is 3.07. The van der Waals surface area contributed by atoms with E-state index in [9.17, 15) is 13.2 Å². The Hall–Kier alpha value is -2.86. The molecular formula is C22H22N2O3S. The van der Waals surface area contributed by atoms with E-state index in [2.05, 4.69) is 11.4 Å². The molecule has 5 nitrogen and oxygen atoms in total. The zero-order valence-electron chi connectivity index (χ0n) is 15.9. The number of nitrogens with zero attached hydrogens (tertiary/aromatic N) is 1. The summed E-state index contributed by atoms with van der Waals surface area (Å²) >= 11 is 0. The molecule has 0 saturated heterocycles. The topological polar surface area (TPSA) is 66.5 Å². The quantitative estimate of drug-likeness (QED) is 0.718. The van der Waals surface area contributed by atoms with E-state index in [4.69, 9.17) is 0 Å². The molecule has 1 aliphatic carbocycles. The minimum atomic E-state index is -3.60. The van der Waals surface area contributed by atoms with Crippen LogP contribution in [-0.4, -0.2) is 27.1 Å². The predicted molar refractivity (Wildman–Crippen MR) is 113 cm³/mol. The van der Waals surface area contributed by atoms with Crippen LogP contribution >= 0.6 is 0 Å². The lowest BCUT2D eigenvalue weighted by molar-refractivity contribution is -0.114. The van der Waals surface area contributed by atoms with Crippen LogP contribution in [0.15, 0.2) is 54.6 Å². The van der Waals surface area contributed by atoms with Crippen molar-refractivity contribution in [3.8, 4) is 0 Å². The van der Waals surface area contributed by atoms with Crippen molar-refractivity contribution in [2.24, 2.45) is 0 Å². The number of para-hydroxylation sites is 1. The Balaban J connectivity index is 1.64. The van der Waals surface area contributed by atoms with Gasteiger partial charge >= 0.3 is 0 Å². The van der Waals surface area contributed by atoms with Crippen LogP contribution in [0.2, 0.25) is 0 Å². The van der Waals surface area contributed by atoms with Gasteiger partial charge in [-0.15, -0.1) is 0 Å². The van der Waals surface area contributed by atoms with Crippen LogP contribution in [0.5, 0.6) is 0 Å². The summed E-state index contributed by atoms with van der Waals surface area (Å²) in [5, 5.41) is 5.12. The minimum Gasteiger partial charge on any atom is -0.324 e. The molecule has 28 heavy (non-hydrogen) atoms. The van der Waals surface area contributed by atoms with Crippen molar-refractivity contribution in [2.75, 3.05) is 22.4 Å². The molecule has 1 aliphatic rings. The Morgan fingerprint density at radius 1 is 1.00 bits per heavy atom. The number of carbonyl (C=O) groups excluding carboxylic acids is 1. The number of hydrogen-bond donors (Lipinski definition) is 1. The highest BCUT2D eigenvalue weighted by molar-refractivity contribution is 7.92. The van der Waals surface area contributed by atoms with E-state index in [0.717, 1.165) is 34.4 Å². The summed E-state index contributed by atoms with van der Waals surface area (Å²) < 4.78 is 25.8. The van der Waals surface area contributed by atoms with Crippen LogP contribution in [0.4, 0.5) is 11.4 Å². The molecule has 1 N–H and O–H groups in total. The first-order valence-corrected chi connectivity index (χ1v) is 11.1. The molecular weight excluding hydrogens is 372 g/mol. The number of anilines is 2.